The maximum atomic E-state index is 5.56. The highest BCUT2D eigenvalue weighted by Crippen LogP contribution is 2.48. The molecule has 0 radical (unpaired) electrons. The number of piperidine rings is 1. The summed E-state index contributed by atoms with van der Waals surface area (Å²) < 4.78 is 5.56. The number of nitrogens with zero attached hydrogens (tertiary/aromatic N) is 2. The summed E-state index contributed by atoms with van der Waals surface area (Å²) in [6.07, 6.45) is 2.94. The number of hydrogen-bond acceptors (Lipinski definition) is 3. The molecule has 2 aliphatic rings. The van der Waals surface area contributed by atoms with E-state index in [2.05, 4.69) is 70.5 Å². The van der Waals surface area contributed by atoms with E-state index in [0.29, 0.717) is 12.0 Å². The Morgan fingerprint density at radius 1 is 0.920 bits per heavy atom. The van der Waals surface area contributed by atoms with Crippen molar-refractivity contribution in [3.63, 3.8) is 0 Å². The van der Waals surface area contributed by atoms with Crippen molar-refractivity contribution in [3.05, 3.63) is 84.3 Å². The second-order valence-corrected chi connectivity index (χ2v) is 7.04. The zero-order valence-corrected chi connectivity index (χ0v) is 14.2. The van der Waals surface area contributed by atoms with Crippen molar-refractivity contribution in [1.82, 2.24) is 4.90 Å². The third kappa shape index (κ3) is 2.56. The van der Waals surface area contributed by atoms with Crippen LogP contribution in [0.2, 0.25) is 0 Å². The van der Waals surface area contributed by atoms with E-state index in [1.165, 1.54) is 23.4 Å². The predicted octanol–water partition coefficient (Wildman–Crippen LogP) is 4.79. The summed E-state index contributed by atoms with van der Waals surface area (Å²) in [7, 11) is 0. The average molecular weight is 330 g/mol. The summed E-state index contributed by atoms with van der Waals surface area (Å²) >= 11 is 0. The van der Waals surface area contributed by atoms with Gasteiger partial charge in [0.1, 0.15) is 5.76 Å². The van der Waals surface area contributed by atoms with E-state index in [-0.39, 0.29) is 0 Å². The summed E-state index contributed by atoms with van der Waals surface area (Å²) in [5, 5.41) is 0. The highest BCUT2D eigenvalue weighted by atomic mass is 16.3. The molecule has 0 amide bonds. The number of likely N-dealkylation sites (tertiary alicyclic amines) is 1. The highest BCUT2D eigenvalue weighted by molar-refractivity contribution is 5.72. The lowest BCUT2D eigenvalue weighted by molar-refractivity contribution is 0.177. The summed E-state index contributed by atoms with van der Waals surface area (Å²) in [5.41, 5.74) is 4.17. The van der Waals surface area contributed by atoms with Gasteiger partial charge in [-0.1, -0.05) is 36.4 Å². The Morgan fingerprint density at radius 3 is 2.60 bits per heavy atom. The molecule has 1 saturated heterocycles. The molecule has 1 aromatic heterocycles. The number of benzene rings is 2. The Morgan fingerprint density at radius 2 is 1.76 bits per heavy atom. The first kappa shape index (κ1) is 14.8. The van der Waals surface area contributed by atoms with Gasteiger partial charge in [0.25, 0.3) is 0 Å². The second kappa shape index (κ2) is 6.08. The van der Waals surface area contributed by atoms with E-state index >= 15 is 0 Å². The molecule has 25 heavy (non-hydrogen) atoms. The van der Waals surface area contributed by atoms with E-state index in [9.17, 15) is 0 Å². The molecule has 0 saturated carbocycles. The lowest BCUT2D eigenvalue weighted by Gasteiger charge is -2.38. The molecule has 0 bridgehead atoms. The van der Waals surface area contributed by atoms with Gasteiger partial charge in [-0.3, -0.25) is 4.90 Å². The number of furan rings is 1. The molecule has 3 heteroatoms. The van der Waals surface area contributed by atoms with Gasteiger partial charge in [0.15, 0.2) is 0 Å². The minimum Gasteiger partial charge on any atom is -0.468 e. The molecule has 0 N–H and O–H groups in total. The quantitative estimate of drug-likeness (QED) is 0.688. The number of hydrogen-bond donors (Lipinski definition) is 0. The minimum absolute atomic E-state index is 0.549. The number of anilines is 2. The SMILES string of the molecule is c1ccc(N2c3ccccc3[C@@H]3CN(Cc4ccco4)CC[C@H]32)cc1. The maximum absolute atomic E-state index is 5.56. The molecule has 2 aromatic carbocycles. The molecule has 126 valence electrons. The van der Waals surface area contributed by atoms with Crippen molar-refractivity contribution in [1.29, 1.82) is 0 Å². The Hall–Kier alpha value is -2.52. The summed E-state index contributed by atoms with van der Waals surface area (Å²) in [5.74, 6) is 1.62. The molecule has 3 nitrogen and oxygen atoms in total. The molecular weight excluding hydrogens is 308 g/mol. The van der Waals surface area contributed by atoms with E-state index in [4.69, 9.17) is 4.42 Å². The fourth-order valence-electron chi connectivity index (χ4n) is 4.51. The van der Waals surface area contributed by atoms with Crippen LogP contribution in [0.4, 0.5) is 11.4 Å². The van der Waals surface area contributed by atoms with Crippen LogP contribution in [0, 0.1) is 0 Å². The fraction of sp³-hybridized carbons (Fsp3) is 0.273. The number of para-hydroxylation sites is 2. The van der Waals surface area contributed by atoms with Crippen LogP contribution in [0.25, 0.3) is 0 Å². The van der Waals surface area contributed by atoms with Gasteiger partial charge in [0, 0.05) is 36.4 Å². The third-order valence-electron chi connectivity index (χ3n) is 5.58. The van der Waals surface area contributed by atoms with Crippen LogP contribution in [-0.4, -0.2) is 24.0 Å². The van der Waals surface area contributed by atoms with Gasteiger partial charge in [0.05, 0.1) is 12.8 Å². The highest BCUT2D eigenvalue weighted by Gasteiger charge is 2.42. The van der Waals surface area contributed by atoms with Crippen molar-refractivity contribution in [2.75, 3.05) is 18.0 Å². The summed E-state index contributed by atoms with van der Waals surface area (Å²) in [6.45, 7) is 3.11. The van der Waals surface area contributed by atoms with Crippen molar-refractivity contribution in [2.24, 2.45) is 0 Å². The first-order valence-corrected chi connectivity index (χ1v) is 9.08. The lowest BCUT2D eigenvalue weighted by atomic mass is 9.89. The van der Waals surface area contributed by atoms with Gasteiger partial charge < -0.3 is 9.32 Å². The molecule has 2 aliphatic heterocycles. The average Bonchev–Trinajstić information content (AvgIpc) is 3.28. The Kier molecular flexibility index (Phi) is 3.60. The first-order valence-electron chi connectivity index (χ1n) is 9.08. The van der Waals surface area contributed by atoms with E-state index in [0.717, 1.165) is 25.4 Å². The van der Waals surface area contributed by atoms with Gasteiger partial charge >= 0.3 is 0 Å². The number of fused-ring (bicyclic) bond motifs is 3. The second-order valence-electron chi connectivity index (χ2n) is 7.04. The van der Waals surface area contributed by atoms with E-state index < -0.39 is 0 Å². The molecule has 2 atom stereocenters. The third-order valence-corrected chi connectivity index (χ3v) is 5.58. The fourth-order valence-corrected chi connectivity index (χ4v) is 4.51. The van der Waals surface area contributed by atoms with Gasteiger partial charge in [-0.15, -0.1) is 0 Å². The largest absolute Gasteiger partial charge is 0.468 e. The van der Waals surface area contributed by atoms with E-state index in [1.54, 1.807) is 6.26 Å². The summed E-state index contributed by atoms with van der Waals surface area (Å²) in [4.78, 5) is 5.09. The smallest absolute Gasteiger partial charge is 0.117 e. The van der Waals surface area contributed by atoms with Crippen molar-refractivity contribution in [2.45, 2.75) is 24.9 Å². The Balaban J connectivity index is 1.47. The van der Waals surface area contributed by atoms with E-state index in [1.807, 2.05) is 6.07 Å². The van der Waals surface area contributed by atoms with Gasteiger partial charge in [-0.25, -0.2) is 0 Å². The topological polar surface area (TPSA) is 19.6 Å². The minimum atomic E-state index is 0.549. The Bertz CT molecular complexity index is 843. The number of rotatable bonds is 3. The molecular formula is C22H22N2O. The standard InChI is InChI=1S/C22H22N2O/c1-2-7-17(8-3-1)24-21-11-5-4-10-19(21)20-16-23(13-12-22(20)24)15-18-9-6-14-25-18/h1-11,14,20,22H,12-13,15-16H2/t20-,22+/m0/s1. The zero-order chi connectivity index (χ0) is 16.6. The first-order chi connectivity index (χ1) is 12.4. The molecule has 3 heterocycles. The van der Waals surface area contributed by atoms with Gasteiger partial charge in [-0.05, 0) is 42.3 Å². The molecule has 0 aliphatic carbocycles. The monoisotopic (exact) mass is 330 g/mol. The van der Waals surface area contributed by atoms with Crippen LogP contribution >= 0.6 is 0 Å². The van der Waals surface area contributed by atoms with Crippen LogP contribution < -0.4 is 4.90 Å². The lowest BCUT2D eigenvalue weighted by Crippen LogP contribution is -2.44. The van der Waals surface area contributed by atoms with Crippen LogP contribution in [0.15, 0.2) is 77.4 Å². The maximum Gasteiger partial charge on any atom is 0.117 e. The molecule has 1 fully saturated rings. The van der Waals surface area contributed by atoms with Crippen molar-refractivity contribution < 1.29 is 4.42 Å². The van der Waals surface area contributed by atoms with Crippen molar-refractivity contribution >= 4 is 11.4 Å². The molecule has 3 aromatic rings. The van der Waals surface area contributed by atoms with Gasteiger partial charge in [-0.2, -0.15) is 0 Å². The molecule has 5 rings (SSSR count). The normalized spacial score (nSPS) is 22.6. The molecule has 0 unspecified atom stereocenters. The van der Waals surface area contributed by atoms with Crippen LogP contribution in [0.3, 0.4) is 0 Å². The van der Waals surface area contributed by atoms with Gasteiger partial charge in [0.2, 0.25) is 0 Å². The zero-order valence-electron chi connectivity index (χ0n) is 14.2. The van der Waals surface area contributed by atoms with Crippen LogP contribution in [0.1, 0.15) is 23.7 Å². The van der Waals surface area contributed by atoms with Crippen molar-refractivity contribution in [3.8, 4) is 0 Å². The molecule has 0 spiro atoms. The van der Waals surface area contributed by atoms with Crippen LogP contribution in [-0.2, 0) is 6.54 Å². The Labute approximate surface area is 148 Å². The predicted molar refractivity (Wildman–Crippen MR) is 100 cm³/mol. The van der Waals surface area contributed by atoms with Crippen LogP contribution in [0.5, 0.6) is 0 Å². The summed E-state index contributed by atoms with van der Waals surface area (Å²) in [6, 6.07) is 24.3.